The van der Waals surface area contributed by atoms with Crippen molar-refractivity contribution in [1.29, 1.82) is 0 Å². The van der Waals surface area contributed by atoms with Crippen LogP contribution in [0.25, 0.3) is 11.3 Å². The third-order valence-electron chi connectivity index (χ3n) is 5.30. The molecule has 0 radical (unpaired) electrons. The molecule has 1 saturated heterocycles. The Morgan fingerprint density at radius 1 is 1.13 bits per heavy atom. The first-order chi connectivity index (χ1) is 14.5. The van der Waals surface area contributed by atoms with Crippen molar-refractivity contribution in [1.82, 2.24) is 15.1 Å². The molecule has 6 nitrogen and oxygen atoms in total. The molecule has 2 N–H and O–H groups in total. The van der Waals surface area contributed by atoms with Gasteiger partial charge in [0.15, 0.2) is 0 Å². The molecule has 2 aromatic carbocycles. The highest BCUT2D eigenvalue weighted by Gasteiger charge is 2.25. The Balaban J connectivity index is 1.36. The van der Waals surface area contributed by atoms with E-state index in [4.69, 9.17) is 4.74 Å². The van der Waals surface area contributed by atoms with Gasteiger partial charge in [-0.05, 0) is 43.2 Å². The number of amides is 2. The van der Waals surface area contributed by atoms with E-state index in [1.807, 2.05) is 30.3 Å². The van der Waals surface area contributed by atoms with E-state index in [-0.39, 0.29) is 17.6 Å². The molecule has 1 aliphatic rings. The van der Waals surface area contributed by atoms with E-state index in [2.05, 4.69) is 15.5 Å². The molecule has 3 aromatic rings. The van der Waals surface area contributed by atoms with Crippen LogP contribution in [0.2, 0.25) is 0 Å². The summed E-state index contributed by atoms with van der Waals surface area (Å²) in [5.74, 6) is -0.424. The fourth-order valence-electron chi connectivity index (χ4n) is 3.70. The third-order valence-corrected chi connectivity index (χ3v) is 5.30. The van der Waals surface area contributed by atoms with Crippen LogP contribution in [-0.4, -0.2) is 41.3 Å². The maximum absolute atomic E-state index is 13.3. The predicted octanol–water partition coefficient (Wildman–Crippen LogP) is 4.78. The molecule has 1 aromatic heterocycles. The second-order valence-electron chi connectivity index (χ2n) is 7.29. The second kappa shape index (κ2) is 8.52. The molecule has 4 rings (SSSR count). The largest absolute Gasteiger partial charge is 0.497 e. The number of anilines is 1. The van der Waals surface area contributed by atoms with Crippen LogP contribution in [0, 0.1) is 11.6 Å². The van der Waals surface area contributed by atoms with Gasteiger partial charge < -0.3 is 15.0 Å². The normalized spacial score (nSPS) is 14.6. The lowest BCUT2D eigenvalue weighted by atomic mass is 9.93. The zero-order valence-corrected chi connectivity index (χ0v) is 16.5. The third kappa shape index (κ3) is 4.42. The number of halogens is 2. The number of aromatic amines is 1. The fraction of sp³-hybridized carbons (Fsp3) is 0.273. The summed E-state index contributed by atoms with van der Waals surface area (Å²) in [6.07, 6.45) is 1.54. The van der Waals surface area contributed by atoms with Crippen LogP contribution >= 0.6 is 0 Å². The number of nitrogens with one attached hydrogen (secondary N) is 2. The average molecular weight is 412 g/mol. The average Bonchev–Trinajstić information content (AvgIpc) is 3.23. The molecule has 0 aliphatic carbocycles. The van der Waals surface area contributed by atoms with Gasteiger partial charge in [0.05, 0.1) is 12.8 Å². The maximum Gasteiger partial charge on any atom is 0.321 e. The molecule has 8 heteroatoms. The van der Waals surface area contributed by atoms with E-state index >= 15 is 0 Å². The molecule has 0 saturated carbocycles. The molecule has 1 aliphatic heterocycles. The van der Waals surface area contributed by atoms with E-state index in [1.54, 1.807) is 12.0 Å². The fourth-order valence-corrected chi connectivity index (χ4v) is 3.70. The zero-order chi connectivity index (χ0) is 21.1. The van der Waals surface area contributed by atoms with E-state index < -0.39 is 11.6 Å². The molecule has 30 heavy (non-hydrogen) atoms. The maximum atomic E-state index is 13.3. The van der Waals surface area contributed by atoms with Crippen molar-refractivity contribution < 1.29 is 18.3 Å². The van der Waals surface area contributed by atoms with Crippen LogP contribution in [0.3, 0.4) is 0 Å². The topological polar surface area (TPSA) is 70.2 Å². The smallest absolute Gasteiger partial charge is 0.321 e. The van der Waals surface area contributed by atoms with Crippen LogP contribution in [-0.2, 0) is 0 Å². The highest BCUT2D eigenvalue weighted by Crippen LogP contribution is 2.30. The Labute approximate surface area is 172 Å². The Hall–Kier alpha value is -3.42. The van der Waals surface area contributed by atoms with Gasteiger partial charge in [-0.15, -0.1) is 0 Å². The number of ether oxygens (including phenoxy) is 1. The number of benzene rings is 2. The zero-order valence-electron chi connectivity index (χ0n) is 16.5. The number of urea groups is 1. The standard InChI is InChI=1S/C22H22F2N4O2/c1-30-19-4-2-3-15(9-19)21-13-20(26-27-21)14-5-7-28(8-6-14)22(29)25-18-11-16(23)10-17(24)12-18/h2-4,9-14H,5-8H2,1H3,(H,25,29)(H,26,27). The summed E-state index contributed by atoms with van der Waals surface area (Å²) in [4.78, 5) is 14.1. The minimum atomic E-state index is -0.727. The van der Waals surface area contributed by atoms with Crippen molar-refractivity contribution in [2.75, 3.05) is 25.5 Å². The van der Waals surface area contributed by atoms with E-state index in [9.17, 15) is 13.6 Å². The number of hydrogen-bond donors (Lipinski definition) is 2. The lowest BCUT2D eigenvalue weighted by Crippen LogP contribution is -2.40. The summed E-state index contributed by atoms with van der Waals surface area (Å²) in [7, 11) is 1.63. The number of aromatic nitrogens is 2. The Morgan fingerprint density at radius 2 is 1.87 bits per heavy atom. The summed E-state index contributed by atoms with van der Waals surface area (Å²) < 4.78 is 31.9. The first kappa shape index (κ1) is 19.9. The highest BCUT2D eigenvalue weighted by atomic mass is 19.1. The van der Waals surface area contributed by atoms with E-state index in [1.165, 1.54) is 0 Å². The molecule has 156 valence electrons. The molecule has 0 spiro atoms. The Bertz CT molecular complexity index is 1020. The minimum absolute atomic E-state index is 0.108. The predicted molar refractivity (Wildman–Crippen MR) is 110 cm³/mol. The monoisotopic (exact) mass is 412 g/mol. The van der Waals surface area contributed by atoms with Gasteiger partial charge in [-0.3, -0.25) is 5.10 Å². The highest BCUT2D eigenvalue weighted by molar-refractivity contribution is 5.89. The first-order valence-corrected chi connectivity index (χ1v) is 9.73. The molecular weight excluding hydrogens is 390 g/mol. The number of rotatable bonds is 4. The number of H-pyrrole nitrogens is 1. The number of nitrogens with zero attached hydrogens (tertiary/aromatic N) is 2. The lowest BCUT2D eigenvalue weighted by molar-refractivity contribution is 0.194. The van der Waals surface area contributed by atoms with Gasteiger partial charge in [-0.1, -0.05) is 12.1 Å². The summed E-state index contributed by atoms with van der Waals surface area (Å²) in [6.45, 7) is 1.09. The van der Waals surface area contributed by atoms with Gasteiger partial charge in [-0.2, -0.15) is 5.10 Å². The van der Waals surface area contributed by atoms with Crippen molar-refractivity contribution in [2.45, 2.75) is 18.8 Å². The molecule has 2 amide bonds. The SMILES string of the molecule is COc1cccc(-c2cc(C3CCN(C(=O)Nc4cc(F)cc(F)c4)CC3)[nH]n2)c1. The summed E-state index contributed by atoms with van der Waals surface area (Å²) >= 11 is 0. The molecule has 0 bridgehead atoms. The molecular formula is C22H22F2N4O2. The summed E-state index contributed by atoms with van der Waals surface area (Å²) in [5.41, 5.74) is 2.95. The van der Waals surface area contributed by atoms with Crippen molar-refractivity contribution >= 4 is 11.7 Å². The number of hydrogen-bond acceptors (Lipinski definition) is 3. The minimum Gasteiger partial charge on any atom is -0.497 e. The van der Waals surface area contributed by atoms with E-state index in [0.717, 1.165) is 53.7 Å². The van der Waals surface area contributed by atoms with Gasteiger partial charge in [0.2, 0.25) is 0 Å². The van der Waals surface area contributed by atoms with E-state index in [0.29, 0.717) is 13.1 Å². The number of methoxy groups -OCH3 is 1. The van der Waals surface area contributed by atoms with Crippen molar-refractivity contribution in [3.05, 3.63) is 65.9 Å². The summed E-state index contributed by atoms with van der Waals surface area (Å²) in [6, 6.07) is 12.3. The Kier molecular flexibility index (Phi) is 5.65. The van der Waals surface area contributed by atoms with Crippen molar-refractivity contribution in [3.63, 3.8) is 0 Å². The molecule has 2 heterocycles. The number of likely N-dealkylation sites (tertiary alicyclic amines) is 1. The van der Waals surface area contributed by atoms with Gasteiger partial charge >= 0.3 is 6.03 Å². The van der Waals surface area contributed by atoms with Crippen molar-refractivity contribution in [2.24, 2.45) is 0 Å². The molecule has 0 unspecified atom stereocenters. The lowest BCUT2D eigenvalue weighted by Gasteiger charge is -2.31. The molecule has 1 fully saturated rings. The van der Waals surface area contributed by atoms with Gasteiger partial charge in [0.1, 0.15) is 17.4 Å². The Morgan fingerprint density at radius 3 is 2.57 bits per heavy atom. The van der Waals surface area contributed by atoms with Gasteiger partial charge in [0.25, 0.3) is 0 Å². The van der Waals surface area contributed by atoms with Crippen LogP contribution < -0.4 is 10.1 Å². The van der Waals surface area contributed by atoms with Crippen LogP contribution in [0.5, 0.6) is 5.75 Å². The number of piperidine rings is 1. The van der Waals surface area contributed by atoms with Gasteiger partial charge in [-0.25, -0.2) is 13.6 Å². The quantitative estimate of drug-likeness (QED) is 0.648. The van der Waals surface area contributed by atoms with Crippen LogP contribution in [0.4, 0.5) is 19.3 Å². The van der Waals surface area contributed by atoms with Gasteiger partial charge in [0, 0.05) is 42.0 Å². The molecule has 0 atom stereocenters. The number of carbonyl (C=O) groups excluding carboxylic acids is 1. The second-order valence-corrected chi connectivity index (χ2v) is 7.29. The first-order valence-electron chi connectivity index (χ1n) is 9.73. The summed E-state index contributed by atoms with van der Waals surface area (Å²) in [5, 5.41) is 10.1. The van der Waals surface area contributed by atoms with Crippen LogP contribution in [0.1, 0.15) is 24.5 Å². The van der Waals surface area contributed by atoms with Crippen LogP contribution in [0.15, 0.2) is 48.5 Å². The van der Waals surface area contributed by atoms with Crippen molar-refractivity contribution in [3.8, 4) is 17.0 Å². The number of carbonyl (C=O) groups is 1.